The Labute approximate surface area is 103 Å². The van der Waals surface area contributed by atoms with Crippen LogP contribution in [-0.2, 0) is 4.74 Å². The fourth-order valence-electron chi connectivity index (χ4n) is 2.70. The van der Waals surface area contributed by atoms with Gasteiger partial charge in [0.15, 0.2) is 0 Å². The first kappa shape index (κ1) is 12.1. The average Bonchev–Trinajstić information content (AvgIpc) is 2.40. The van der Waals surface area contributed by atoms with E-state index in [1.54, 1.807) is 0 Å². The molecule has 2 rings (SSSR count). The Balaban J connectivity index is 2.06. The van der Waals surface area contributed by atoms with Crippen LogP contribution in [0.5, 0.6) is 0 Å². The van der Waals surface area contributed by atoms with E-state index in [1.165, 1.54) is 5.56 Å². The molecule has 1 aromatic carbocycles. The topological polar surface area (TPSA) is 33.0 Å². The maximum atomic E-state index is 9.11. The van der Waals surface area contributed by atoms with Crippen LogP contribution in [0.3, 0.4) is 0 Å². The number of nitriles is 1. The highest BCUT2D eigenvalue weighted by atomic mass is 16.5. The van der Waals surface area contributed by atoms with Gasteiger partial charge in [-0.2, -0.15) is 5.26 Å². The summed E-state index contributed by atoms with van der Waals surface area (Å²) in [6.45, 7) is 2.70. The van der Waals surface area contributed by atoms with Gasteiger partial charge in [0.25, 0.3) is 0 Å². The van der Waals surface area contributed by atoms with Gasteiger partial charge in [-0.25, -0.2) is 0 Å². The second kappa shape index (κ2) is 5.84. The first-order chi connectivity index (χ1) is 8.35. The minimum atomic E-state index is 0.0786. The van der Waals surface area contributed by atoms with Crippen molar-refractivity contribution in [2.24, 2.45) is 5.92 Å². The summed E-state index contributed by atoms with van der Waals surface area (Å²) in [5.74, 6) is 0.632. The quantitative estimate of drug-likeness (QED) is 0.794. The van der Waals surface area contributed by atoms with E-state index in [1.807, 2.05) is 13.0 Å². The van der Waals surface area contributed by atoms with Crippen LogP contribution in [-0.4, -0.2) is 12.7 Å². The van der Waals surface area contributed by atoms with Crippen molar-refractivity contribution in [1.82, 2.24) is 0 Å². The highest BCUT2D eigenvalue weighted by Gasteiger charge is 2.31. The molecule has 0 radical (unpaired) electrons. The van der Waals surface area contributed by atoms with Crippen LogP contribution in [0.1, 0.15) is 37.7 Å². The Morgan fingerprint density at radius 1 is 1.29 bits per heavy atom. The molecule has 0 bridgehead atoms. The zero-order valence-corrected chi connectivity index (χ0v) is 10.3. The molecule has 3 unspecified atom stereocenters. The van der Waals surface area contributed by atoms with Crippen molar-refractivity contribution < 1.29 is 4.74 Å². The molecular weight excluding hydrogens is 210 g/mol. The van der Waals surface area contributed by atoms with Crippen LogP contribution in [0.4, 0.5) is 0 Å². The van der Waals surface area contributed by atoms with Gasteiger partial charge in [-0.15, -0.1) is 0 Å². The molecule has 0 aromatic heterocycles. The van der Waals surface area contributed by atoms with Gasteiger partial charge in [0.05, 0.1) is 18.1 Å². The number of hydrogen-bond donors (Lipinski definition) is 0. The van der Waals surface area contributed by atoms with Gasteiger partial charge in [-0.3, -0.25) is 0 Å². The molecule has 17 heavy (non-hydrogen) atoms. The number of hydrogen-bond acceptors (Lipinski definition) is 2. The molecule has 1 saturated carbocycles. The van der Waals surface area contributed by atoms with Crippen LogP contribution in [0, 0.1) is 17.2 Å². The fraction of sp³-hybridized carbons (Fsp3) is 0.533. The molecule has 0 amide bonds. The van der Waals surface area contributed by atoms with Crippen LogP contribution in [0.25, 0.3) is 0 Å². The Kier molecular flexibility index (Phi) is 4.17. The Morgan fingerprint density at radius 2 is 2.06 bits per heavy atom. The van der Waals surface area contributed by atoms with Crippen molar-refractivity contribution in [1.29, 1.82) is 5.26 Å². The lowest BCUT2D eigenvalue weighted by molar-refractivity contribution is 0.00734. The minimum Gasteiger partial charge on any atom is -0.377 e. The standard InChI is InChI=1S/C15H19NO/c1-2-17-15-10-13(8-9-14(15)11-16)12-6-4-3-5-7-12/h3-7,13-15H,2,8-10H2,1H3. The first-order valence-corrected chi connectivity index (χ1v) is 6.41. The highest BCUT2D eigenvalue weighted by molar-refractivity contribution is 5.20. The molecule has 2 heteroatoms. The summed E-state index contributed by atoms with van der Waals surface area (Å²) in [6.07, 6.45) is 3.16. The maximum Gasteiger partial charge on any atom is 0.0738 e. The van der Waals surface area contributed by atoms with Crippen molar-refractivity contribution in [3.05, 3.63) is 35.9 Å². The summed E-state index contributed by atoms with van der Waals surface area (Å²) in [5, 5.41) is 9.11. The lowest BCUT2D eigenvalue weighted by Gasteiger charge is -2.32. The van der Waals surface area contributed by atoms with E-state index in [0.29, 0.717) is 12.5 Å². The van der Waals surface area contributed by atoms with E-state index in [0.717, 1.165) is 19.3 Å². The number of ether oxygens (including phenoxy) is 1. The first-order valence-electron chi connectivity index (χ1n) is 6.41. The van der Waals surface area contributed by atoms with E-state index < -0.39 is 0 Å². The lowest BCUT2D eigenvalue weighted by atomic mass is 9.77. The smallest absolute Gasteiger partial charge is 0.0738 e. The van der Waals surface area contributed by atoms with Crippen LogP contribution in [0.2, 0.25) is 0 Å². The van der Waals surface area contributed by atoms with E-state index in [4.69, 9.17) is 10.00 Å². The predicted molar refractivity (Wildman–Crippen MR) is 67.6 cm³/mol. The monoisotopic (exact) mass is 229 g/mol. The maximum absolute atomic E-state index is 9.11. The molecule has 3 atom stereocenters. The van der Waals surface area contributed by atoms with Crippen LogP contribution < -0.4 is 0 Å². The molecule has 2 nitrogen and oxygen atoms in total. The molecule has 0 saturated heterocycles. The average molecular weight is 229 g/mol. The van der Waals surface area contributed by atoms with Crippen molar-refractivity contribution in [3.63, 3.8) is 0 Å². The summed E-state index contributed by atoms with van der Waals surface area (Å²) in [4.78, 5) is 0. The lowest BCUT2D eigenvalue weighted by Crippen LogP contribution is -2.30. The third-order valence-electron chi connectivity index (χ3n) is 3.61. The third kappa shape index (κ3) is 2.87. The molecule has 0 heterocycles. The van der Waals surface area contributed by atoms with E-state index >= 15 is 0 Å². The molecule has 90 valence electrons. The summed E-state index contributed by atoms with van der Waals surface area (Å²) in [6, 6.07) is 13.0. The van der Waals surface area contributed by atoms with Crippen molar-refractivity contribution in [2.45, 2.75) is 38.2 Å². The zero-order chi connectivity index (χ0) is 12.1. The molecule has 1 aliphatic carbocycles. The number of benzene rings is 1. The molecule has 1 aliphatic rings. The minimum absolute atomic E-state index is 0.0786. The molecular formula is C15H19NO. The number of rotatable bonds is 3. The molecule has 1 fully saturated rings. The van der Waals surface area contributed by atoms with Crippen molar-refractivity contribution in [2.75, 3.05) is 6.61 Å². The normalized spacial score (nSPS) is 28.6. The summed E-state index contributed by atoms with van der Waals surface area (Å²) >= 11 is 0. The van der Waals surface area contributed by atoms with Crippen LogP contribution in [0.15, 0.2) is 30.3 Å². The number of nitrogens with zero attached hydrogens (tertiary/aromatic N) is 1. The summed E-state index contributed by atoms with van der Waals surface area (Å²) in [5.41, 5.74) is 1.38. The second-order valence-corrected chi connectivity index (χ2v) is 4.65. The van der Waals surface area contributed by atoms with Crippen molar-refractivity contribution >= 4 is 0 Å². The second-order valence-electron chi connectivity index (χ2n) is 4.65. The van der Waals surface area contributed by atoms with Gasteiger partial charge in [-0.1, -0.05) is 30.3 Å². The molecule has 1 aromatic rings. The molecule has 0 aliphatic heterocycles. The Bertz CT molecular complexity index is 382. The van der Waals surface area contributed by atoms with E-state index in [-0.39, 0.29) is 12.0 Å². The van der Waals surface area contributed by atoms with Gasteiger partial charge in [0.1, 0.15) is 0 Å². The van der Waals surface area contributed by atoms with Crippen LogP contribution >= 0.6 is 0 Å². The van der Waals surface area contributed by atoms with Gasteiger partial charge in [0, 0.05) is 6.61 Å². The SMILES string of the molecule is CCOC1CC(c2ccccc2)CCC1C#N. The Morgan fingerprint density at radius 3 is 2.71 bits per heavy atom. The third-order valence-corrected chi connectivity index (χ3v) is 3.61. The summed E-state index contributed by atoms with van der Waals surface area (Å²) in [7, 11) is 0. The highest BCUT2D eigenvalue weighted by Crippen LogP contribution is 2.37. The van der Waals surface area contributed by atoms with E-state index in [2.05, 4.69) is 30.3 Å². The van der Waals surface area contributed by atoms with Gasteiger partial charge >= 0.3 is 0 Å². The predicted octanol–water partition coefficient (Wildman–Crippen LogP) is 3.50. The Hall–Kier alpha value is -1.33. The van der Waals surface area contributed by atoms with Gasteiger partial charge in [-0.05, 0) is 37.7 Å². The van der Waals surface area contributed by atoms with Gasteiger partial charge < -0.3 is 4.74 Å². The van der Waals surface area contributed by atoms with Gasteiger partial charge in [0.2, 0.25) is 0 Å². The van der Waals surface area contributed by atoms with Crippen molar-refractivity contribution in [3.8, 4) is 6.07 Å². The molecule has 0 spiro atoms. The zero-order valence-electron chi connectivity index (χ0n) is 10.3. The largest absolute Gasteiger partial charge is 0.377 e. The van der Waals surface area contributed by atoms with E-state index in [9.17, 15) is 0 Å². The molecule has 0 N–H and O–H groups in total. The summed E-state index contributed by atoms with van der Waals surface area (Å²) < 4.78 is 5.72. The fourth-order valence-corrected chi connectivity index (χ4v) is 2.70.